The van der Waals surface area contributed by atoms with Gasteiger partial charge in [0.1, 0.15) is 11.4 Å². The first-order valence-electron chi connectivity index (χ1n) is 4.50. The fraction of sp³-hybridized carbons (Fsp3) is 0.250. The van der Waals surface area contributed by atoms with Gasteiger partial charge in [-0.3, -0.25) is 4.79 Å². The number of hydrogen-bond donors (Lipinski definition) is 1. The number of carboxylic acids is 1. The van der Waals surface area contributed by atoms with E-state index in [2.05, 4.69) is 15.1 Å². The maximum absolute atomic E-state index is 12.6. The Morgan fingerprint density at radius 2 is 2.22 bits per heavy atom. The molecule has 0 unspecified atom stereocenters. The van der Waals surface area contributed by atoms with Crippen molar-refractivity contribution in [2.75, 3.05) is 5.75 Å². The lowest BCUT2D eigenvalue weighted by atomic mass is 10.4. The number of carbonyl (C=O) groups is 1. The molecule has 0 aliphatic carbocycles. The normalized spacial score (nSPS) is 11.9. The van der Waals surface area contributed by atoms with E-state index in [9.17, 15) is 18.0 Å². The topological polar surface area (TPSA) is 80.4 Å². The second-order valence-corrected chi connectivity index (χ2v) is 4.13. The summed E-state index contributed by atoms with van der Waals surface area (Å²) >= 11 is 0.714. The quantitative estimate of drug-likeness (QED) is 0.673. The summed E-state index contributed by atoms with van der Waals surface area (Å²) in [5.74, 6) is -1.74. The molecule has 0 aliphatic rings. The number of rotatable bonds is 3. The molecule has 96 valence electrons. The molecule has 0 saturated carbocycles. The lowest BCUT2D eigenvalue weighted by molar-refractivity contribution is -0.141. The molecule has 0 amide bonds. The molecule has 0 radical (unpaired) electrons. The zero-order valence-corrected chi connectivity index (χ0v) is 9.36. The van der Waals surface area contributed by atoms with Gasteiger partial charge < -0.3 is 5.11 Å². The standard InChI is InChI=1S/C8H5F3N4O2S/c9-8(10,11)4-1-5(18-2-6(16)17)15-7(14-4)12-3-13-15/h1,3H,2H2,(H,16,17). The Morgan fingerprint density at radius 3 is 2.83 bits per heavy atom. The molecule has 0 aromatic carbocycles. The van der Waals surface area contributed by atoms with Crippen LogP contribution < -0.4 is 0 Å². The molecule has 6 nitrogen and oxygen atoms in total. The Kier molecular flexibility index (Phi) is 3.11. The Hall–Kier alpha value is -1.84. The molecule has 0 saturated heterocycles. The third kappa shape index (κ3) is 2.53. The largest absolute Gasteiger partial charge is 0.481 e. The van der Waals surface area contributed by atoms with Crippen LogP contribution in [0.2, 0.25) is 0 Å². The van der Waals surface area contributed by atoms with Gasteiger partial charge in [0.05, 0.1) is 5.75 Å². The van der Waals surface area contributed by atoms with E-state index in [1.165, 1.54) is 0 Å². The summed E-state index contributed by atoms with van der Waals surface area (Å²) < 4.78 is 38.7. The van der Waals surface area contributed by atoms with Gasteiger partial charge in [-0.15, -0.1) is 0 Å². The van der Waals surface area contributed by atoms with Crippen molar-refractivity contribution in [3.63, 3.8) is 0 Å². The lowest BCUT2D eigenvalue weighted by Crippen LogP contribution is -2.11. The monoisotopic (exact) mass is 278 g/mol. The van der Waals surface area contributed by atoms with Gasteiger partial charge in [0, 0.05) is 6.07 Å². The molecular formula is C8H5F3N4O2S. The van der Waals surface area contributed by atoms with Crippen LogP contribution in [0.1, 0.15) is 5.69 Å². The van der Waals surface area contributed by atoms with E-state index in [0.717, 1.165) is 16.9 Å². The van der Waals surface area contributed by atoms with Gasteiger partial charge in [-0.05, 0) is 0 Å². The third-order valence-corrected chi connectivity index (χ3v) is 2.83. The average Bonchev–Trinajstić information content (AvgIpc) is 2.72. The number of hydrogen-bond acceptors (Lipinski definition) is 5. The third-order valence-electron chi connectivity index (χ3n) is 1.85. The van der Waals surface area contributed by atoms with Crippen molar-refractivity contribution in [2.24, 2.45) is 0 Å². The predicted molar refractivity (Wildman–Crippen MR) is 54.1 cm³/mol. The van der Waals surface area contributed by atoms with Gasteiger partial charge in [-0.1, -0.05) is 11.8 Å². The van der Waals surface area contributed by atoms with Crippen LogP contribution in [0.4, 0.5) is 13.2 Å². The first-order valence-corrected chi connectivity index (χ1v) is 5.49. The number of carboxylic acid groups (broad SMARTS) is 1. The fourth-order valence-electron chi connectivity index (χ4n) is 1.17. The highest BCUT2D eigenvalue weighted by molar-refractivity contribution is 7.99. The zero-order valence-electron chi connectivity index (χ0n) is 8.55. The van der Waals surface area contributed by atoms with Crippen molar-refractivity contribution in [1.82, 2.24) is 19.6 Å². The summed E-state index contributed by atoms with van der Waals surface area (Å²) in [5, 5.41) is 12.2. The summed E-state index contributed by atoms with van der Waals surface area (Å²) in [6.45, 7) is 0. The van der Waals surface area contributed by atoms with Gasteiger partial charge in [-0.2, -0.15) is 27.8 Å². The van der Waals surface area contributed by atoms with Gasteiger partial charge in [0.15, 0.2) is 5.69 Å². The average molecular weight is 278 g/mol. The van der Waals surface area contributed by atoms with Crippen LogP contribution in [0.15, 0.2) is 17.4 Å². The van der Waals surface area contributed by atoms with Crippen LogP contribution >= 0.6 is 11.8 Å². The van der Waals surface area contributed by atoms with Gasteiger partial charge >= 0.3 is 12.1 Å². The Morgan fingerprint density at radius 1 is 1.50 bits per heavy atom. The van der Waals surface area contributed by atoms with Crippen molar-refractivity contribution < 1.29 is 23.1 Å². The smallest absolute Gasteiger partial charge is 0.433 e. The highest BCUT2D eigenvalue weighted by atomic mass is 32.2. The number of alkyl halides is 3. The number of nitrogens with zero attached hydrogens (tertiary/aromatic N) is 4. The van der Waals surface area contributed by atoms with Crippen LogP contribution in [0.5, 0.6) is 0 Å². The molecule has 2 aromatic heterocycles. The van der Waals surface area contributed by atoms with Crippen molar-refractivity contribution in [2.45, 2.75) is 11.2 Å². The lowest BCUT2D eigenvalue weighted by Gasteiger charge is -2.08. The van der Waals surface area contributed by atoms with Crippen molar-refractivity contribution >= 4 is 23.5 Å². The molecule has 1 N–H and O–H groups in total. The highest BCUT2D eigenvalue weighted by Crippen LogP contribution is 2.30. The van der Waals surface area contributed by atoms with E-state index in [1.54, 1.807) is 0 Å². The molecule has 18 heavy (non-hydrogen) atoms. The minimum Gasteiger partial charge on any atom is -0.481 e. The molecule has 2 rings (SSSR count). The molecule has 0 atom stereocenters. The minimum absolute atomic E-state index is 0.0206. The molecule has 0 aliphatic heterocycles. The van der Waals surface area contributed by atoms with E-state index < -0.39 is 17.8 Å². The van der Waals surface area contributed by atoms with Gasteiger partial charge in [-0.25, -0.2) is 4.98 Å². The van der Waals surface area contributed by atoms with Gasteiger partial charge in [0.25, 0.3) is 5.78 Å². The number of aromatic nitrogens is 4. The second kappa shape index (κ2) is 4.44. The summed E-state index contributed by atoms with van der Waals surface area (Å²) in [7, 11) is 0. The molecule has 2 heterocycles. The van der Waals surface area contributed by atoms with Crippen LogP contribution in [-0.2, 0) is 11.0 Å². The second-order valence-electron chi connectivity index (χ2n) is 3.13. The summed E-state index contributed by atoms with van der Waals surface area (Å²) in [5.41, 5.74) is -1.13. The molecule has 0 fully saturated rings. The van der Waals surface area contributed by atoms with Crippen LogP contribution in [0.25, 0.3) is 5.78 Å². The fourth-order valence-corrected chi connectivity index (χ4v) is 1.89. The summed E-state index contributed by atoms with van der Waals surface area (Å²) in [4.78, 5) is 17.3. The Labute approximate surface area is 102 Å². The zero-order chi connectivity index (χ0) is 13.3. The minimum atomic E-state index is -4.62. The van der Waals surface area contributed by atoms with Crippen LogP contribution in [0.3, 0.4) is 0 Å². The molecule has 10 heteroatoms. The van der Waals surface area contributed by atoms with E-state index in [1.807, 2.05) is 0 Å². The molecule has 0 bridgehead atoms. The SMILES string of the molecule is O=C(O)CSc1cc(C(F)(F)F)nc2ncnn12. The van der Waals surface area contributed by atoms with Crippen molar-refractivity contribution in [1.29, 1.82) is 0 Å². The van der Waals surface area contributed by atoms with Crippen LogP contribution in [0, 0.1) is 0 Å². The van der Waals surface area contributed by atoms with E-state index >= 15 is 0 Å². The summed E-state index contributed by atoms with van der Waals surface area (Å²) in [6.07, 6.45) is -3.57. The highest BCUT2D eigenvalue weighted by Gasteiger charge is 2.34. The number of aliphatic carboxylic acids is 1. The first kappa shape index (κ1) is 12.6. The Bertz CT molecular complexity index is 598. The predicted octanol–water partition coefficient (Wildman–Crippen LogP) is 1.32. The van der Waals surface area contributed by atoms with E-state index in [4.69, 9.17) is 5.11 Å². The van der Waals surface area contributed by atoms with Crippen molar-refractivity contribution in [3.05, 3.63) is 18.1 Å². The number of halogens is 3. The first-order chi connectivity index (χ1) is 8.38. The maximum Gasteiger partial charge on any atom is 0.433 e. The van der Waals surface area contributed by atoms with Crippen molar-refractivity contribution in [3.8, 4) is 0 Å². The number of fused-ring (bicyclic) bond motifs is 1. The summed E-state index contributed by atoms with van der Waals surface area (Å²) in [6, 6.07) is 0.745. The number of thioether (sulfide) groups is 1. The maximum atomic E-state index is 12.6. The van der Waals surface area contributed by atoms with E-state index in [-0.39, 0.29) is 16.6 Å². The van der Waals surface area contributed by atoms with E-state index in [0.29, 0.717) is 11.8 Å². The Balaban J connectivity index is 2.48. The van der Waals surface area contributed by atoms with Crippen LogP contribution in [-0.4, -0.2) is 36.4 Å². The molecule has 0 spiro atoms. The van der Waals surface area contributed by atoms with Gasteiger partial charge in [0.2, 0.25) is 0 Å². The molecule has 2 aromatic rings. The molecular weight excluding hydrogens is 273 g/mol.